The van der Waals surface area contributed by atoms with Gasteiger partial charge in [-0.3, -0.25) is 14.5 Å². The summed E-state index contributed by atoms with van der Waals surface area (Å²) in [7, 11) is 3.02. The predicted molar refractivity (Wildman–Crippen MR) is 188 cm³/mol. The Bertz CT molecular complexity index is 1940. The summed E-state index contributed by atoms with van der Waals surface area (Å²) in [6.07, 6.45) is 0.599. The third kappa shape index (κ3) is 6.91. The van der Waals surface area contributed by atoms with E-state index in [4.69, 9.17) is 14.7 Å². The number of likely N-dealkylation sites (N-methyl/N-ethyl adjacent to an activating group) is 1. The number of nitrogens with one attached hydrogen (secondary N) is 1. The number of hydrogen-bond donors (Lipinski definition) is 2. The number of benzene rings is 4. The maximum atomic E-state index is 14.1. The zero-order valence-electron chi connectivity index (χ0n) is 28.6. The van der Waals surface area contributed by atoms with E-state index >= 15 is 0 Å². The normalized spacial score (nSPS) is 18.1. The van der Waals surface area contributed by atoms with E-state index in [0.29, 0.717) is 35.5 Å². The van der Waals surface area contributed by atoms with Crippen LogP contribution in [-0.4, -0.2) is 60.1 Å². The van der Waals surface area contributed by atoms with Crippen LogP contribution in [0, 0.1) is 11.3 Å². The molecule has 2 aliphatic rings. The minimum absolute atomic E-state index is 0.0659. The molecule has 10 nitrogen and oxygen atoms in total. The first kappa shape index (κ1) is 34.2. The Balaban J connectivity index is 1.22. The Morgan fingerprint density at radius 2 is 1.68 bits per heavy atom. The average molecular weight is 673 g/mol. The first-order valence-corrected chi connectivity index (χ1v) is 16.7. The summed E-state index contributed by atoms with van der Waals surface area (Å²) in [5.74, 6) is -0.356. The van der Waals surface area contributed by atoms with Crippen molar-refractivity contribution in [1.82, 2.24) is 10.2 Å². The monoisotopic (exact) mass is 672 g/mol. The van der Waals surface area contributed by atoms with Crippen molar-refractivity contribution in [3.05, 3.63) is 113 Å². The van der Waals surface area contributed by atoms with Gasteiger partial charge in [0.2, 0.25) is 12.0 Å². The molecular formula is C40H40N4O6. The van der Waals surface area contributed by atoms with Crippen molar-refractivity contribution in [2.75, 3.05) is 19.1 Å². The summed E-state index contributed by atoms with van der Waals surface area (Å²) in [5, 5.41) is 21.8. The second-order valence-corrected chi connectivity index (χ2v) is 12.9. The van der Waals surface area contributed by atoms with Crippen molar-refractivity contribution in [3.63, 3.8) is 0 Å². The minimum atomic E-state index is -0.897. The molecule has 0 saturated carbocycles. The largest absolute Gasteiger partial charge is 0.508 e. The molecule has 6 rings (SSSR count). The highest BCUT2D eigenvalue weighted by Gasteiger charge is 2.39. The van der Waals surface area contributed by atoms with Gasteiger partial charge in [0.05, 0.1) is 30.5 Å². The van der Waals surface area contributed by atoms with E-state index in [-0.39, 0.29) is 30.0 Å². The molecule has 0 bridgehead atoms. The van der Waals surface area contributed by atoms with Gasteiger partial charge in [-0.25, -0.2) is 4.79 Å². The third-order valence-electron chi connectivity index (χ3n) is 9.81. The van der Waals surface area contributed by atoms with Crippen molar-refractivity contribution < 1.29 is 29.0 Å². The summed E-state index contributed by atoms with van der Waals surface area (Å²) in [4.78, 5) is 44.2. The summed E-state index contributed by atoms with van der Waals surface area (Å²) in [6, 6.07) is 26.1. The number of fused-ring (bicyclic) bond motifs is 2. The van der Waals surface area contributed by atoms with Crippen LogP contribution in [0.2, 0.25) is 0 Å². The van der Waals surface area contributed by atoms with Crippen LogP contribution in [0.3, 0.4) is 0 Å². The fourth-order valence-electron chi connectivity index (χ4n) is 6.66. The van der Waals surface area contributed by atoms with E-state index in [9.17, 15) is 19.5 Å². The molecular weight excluding hydrogens is 632 g/mol. The van der Waals surface area contributed by atoms with Crippen molar-refractivity contribution in [2.24, 2.45) is 0 Å². The number of carbonyl (C=O) groups is 3. The molecule has 0 unspecified atom stereocenters. The van der Waals surface area contributed by atoms with Gasteiger partial charge in [0.1, 0.15) is 17.5 Å². The van der Waals surface area contributed by atoms with E-state index in [2.05, 4.69) is 30.1 Å². The zero-order chi connectivity index (χ0) is 35.5. The highest BCUT2D eigenvalue weighted by atomic mass is 16.5. The summed E-state index contributed by atoms with van der Waals surface area (Å²) >= 11 is 0. The topological polar surface area (TPSA) is 132 Å². The van der Waals surface area contributed by atoms with E-state index in [1.165, 1.54) is 19.2 Å². The molecule has 4 atom stereocenters. The average Bonchev–Trinajstić information content (AvgIpc) is 3.14. The molecule has 0 saturated heterocycles. The SMILES string of the molecule is CC[C@H](C)N1Cc2cc3c(cc2C[C@H]1C(=O)N[C@@H](Cc1ccc(-c2ccc(C#N)cc2)cc1)C(=O)OC)N(C)C(=O)[C@@H](c1ccc(O)cc1)O3. The Kier molecular flexibility index (Phi) is 9.88. The molecule has 10 heteroatoms. The van der Waals surface area contributed by atoms with Gasteiger partial charge >= 0.3 is 5.97 Å². The number of esters is 1. The van der Waals surface area contributed by atoms with Gasteiger partial charge in [-0.1, -0.05) is 55.5 Å². The van der Waals surface area contributed by atoms with Crippen LogP contribution in [0.25, 0.3) is 11.1 Å². The van der Waals surface area contributed by atoms with E-state index in [0.717, 1.165) is 34.2 Å². The van der Waals surface area contributed by atoms with Crippen molar-refractivity contribution in [1.29, 1.82) is 5.26 Å². The third-order valence-corrected chi connectivity index (χ3v) is 9.81. The molecule has 50 heavy (non-hydrogen) atoms. The van der Waals surface area contributed by atoms with E-state index in [1.54, 1.807) is 36.2 Å². The highest BCUT2D eigenvalue weighted by molar-refractivity contribution is 6.00. The molecule has 256 valence electrons. The molecule has 0 aromatic heterocycles. The Labute approximate surface area is 291 Å². The number of amides is 2. The molecule has 0 aliphatic carbocycles. The minimum Gasteiger partial charge on any atom is -0.508 e. The number of nitriles is 1. The van der Waals surface area contributed by atoms with Crippen LogP contribution in [0.5, 0.6) is 11.5 Å². The number of nitrogens with zero attached hydrogens (tertiary/aromatic N) is 3. The van der Waals surface area contributed by atoms with Crippen molar-refractivity contribution in [2.45, 2.75) is 63.9 Å². The summed E-state index contributed by atoms with van der Waals surface area (Å²) < 4.78 is 11.4. The summed E-state index contributed by atoms with van der Waals surface area (Å²) in [5.41, 5.74) is 6.59. The van der Waals surface area contributed by atoms with Gasteiger partial charge in [-0.15, -0.1) is 0 Å². The first-order chi connectivity index (χ1) is 24.1. The number of rotatable bonds is 9. The molecule has 0 radical (unpaired) electrons. The lowest BCUT2D eigenvalue weighted by Gasteiger charge is -2.41. The molecule has 0 fully saturated rings. The van der Waals surface area contributed by atoms with Crippen molar-refractivity contribution >= 4 is 23.5 Å². The summed E-state index contributed by atoms with van der Waals surface area (Å²) in [6.45, 7) is 4.65. The lowest BCUT2D eigenvalue weighted by atomic mass is 9.90. The predicted octanol–water partition coefficient (Wildman–Crippen LogP) is 5.45. The Hall–Kier alpha value is -5.66. The van der Waals surface area contributed by atoms with Gasteiger partial charge in [-0.05, 0) is 84.0 Å². The molecule has 4 aromatic rings. The van der Waals surface area contributed by atoms with Crippen LogP contribution in [0.1, 0.15) is 54.2 Å². The second kappa shape index (κ2) is 14.4. The van der Waals surface area contributed by atoms with Gasteiger partial charge in [-0.2, -0.15) is 5.26 Å². The van der Waals surface area contributed by atoms with Crippen LogP contribution in [0.15, 0.2) is 84.9 Å². The van der Waals surface area contributed by atoms with Gasteiger partial charge in [0.15, 0.2) is 0 Å². The quantitative estimate of drug-likeness (QED) is 0.225. The van der Waals surface area contributed by atoms with Crippen LogP contribution in [-0.2, 0) is 38.5 Å². The number of aromatic hydroxyl groups is 1. The molecule has 4 aromatic carbocycles. The number of ether oxygens (including phenoxy) is 2. The fourth-order valence-corrected chi connectivity index (χ4v) is 6.66. The van der Waals surface area contributed by atoms with Gasteiger partial charge in [0, 0.05) is 31.6 Å². The Morgan fingerprint density at radius 3 is 2.30 bits per heavy atom. The van der Waals surface area contributed by atoms with Crippen LogP contribution >= 0.6 is 0 Å². The maximum Gasteiger partial charge on any atom is 0.328 e. The number of carbonyl (C=O) groups excluding carboxylic acids is 3. The van der Waals surface area contributed by atoms with Gasteiger partial charge in [0.25, 0.3) is 5.91 Å². The molecule has 2 N–H and O–H groups in total. The lowest BCUT2D eigenvalue weighted by molar-refractivity contribution is -0.146. The number of hydrogen-bond acceptors (Lipinski definition) is 8. The standard InChI is InChI=1S/C40H40N4O6/c1-5-24(2)44-23-31-21-36-34(43(3)39(47)37(50-36)29-14-16-32(45)17-15-29)19-30(31)20-35(44)38(46)42-33(40(48)49-4)18-25-6-10-27(11-7-25)28-12-8-26(22-41)9-13-28/h6-17,19,21,24,33,35,37,45H,5,18,20,23H2,1-4H3,(H,42,46)/t24-,33-,35-,37+/m0/s1. The fraction of sp³-hybridized carbons (Fsp3) is 0.300. The number of methoxy groups -OCH3 is 1. The molecule has 2 heterocycles. The van der Waals surface area contributed by atoms with Crippen LogP contribution < -0.4 is 15.0 Å². The Morgan fingerprint density at radius 1 is 1.02 bits per heavy atom. The second-order valence-electron chi connectivity index (χ2n) is 12.9. The number of phenolic OH excluding ortho intramolecular Hbond substituents is 1. The van der Waals surface area contributed by atoms with Crippen LogP contribution in [0.4, 0.5) is 5.69 Å². The highest BCUT2D eigenvalue weighted by Crippen LogP contribution is 2.42. The molecule has 0 spiro atoms. The molecule has 2 amide bonds. The van der Waals surface area contributed by atoms with E-state index in [1.807, 2.05) is 48.5 Å². The van der Waals surface area contributed by atoms with Crippen molar-refractivity contribution in [3.8, 4) is 28.7 Å². The zero-order valence-corrected chi connectivity index (χ0v) is 28.6. The maximum absolute atomic E-state index is 14.1. The van der Waals surface area contributed by atoms with Gasteiger partial charge < -0.3 is 24.8 Å². The number of phenols is 1. The number of anilines is 1. The smallest absolute Gasteiger partial charge is 0.328 e. The lowest BCUT2D eigenvalue weighted by Crippen LogP contribution is -2.56. The van der Waals surface area contributed by atoms with E-state index < -0.39 is 24.2 Å². The first-order valence-electron chi connectivity index (χ1n) is 16.7. The molecule has 2 aliphatic heterocycles.